The number of hydrogen-bond acceptors (Lipinski definition) is 5. The number of rotatable bonds is 5. The van der Waals surface area contributed by atoms with Crippen molar-refractivity contribution in [1.29, 1.82) is 0 Å². The number of hydrogen-bond donors (Lipinski definition) is 2. The number of aliphatic hydroxyl groups excluding tert-OH is 2. The van der Waals surface area contributed by atoms with Crippen molar-refractivity contribution in [2.75, 3.05) is 24.6 Å². The van der Waals surface area contributed by atoms with E-state index in [4.69, 9.17) is 5.11 Å². The topological polar surface area (TPSA) is 86.8 Å². The Labute approximate surface area is 111 Å². The Bertz CT molecular complexity index is 464. The molecule has 104 valence electrons. The monoisotopic (exact) mass is 266 g/mol. The maximum atomic E-state index is 10.7. The van der Waals surface area contributed by atoms with Crippen LogP contribution in [0.4, 0.5) is 11.4 Å². The van der Waals surface area contributed by atoms with Gasteiger partial charge in [-0.15, -0.1) is 0 Å². The molecule has 0 aliphatic carbocycles. The standard InChI is InChI=1S/C13H18N2O4/c16-6-4-10-3-5-14(8-10)13-2-1-12(15(18)19)7-11(13)9-17/h1-2,7,10,16-17H,3-6,8-9H2. The molecule has 19 heavy (non-hydrogen) atoms. The molecule has 0 aromatic heterocycles. The van der Waals surface area contributed by atoms with Crippen molar-refractivity contribution in [1.82, 2.24) is 0 Å². The first kappa shape index (κ1) is 13.8. The molecule has 1 aromatic rings. The van der Waals surface area contributed by atoms with Crippen LogP contribution < -0.4 is 4.90 Å². The van der Waals surface area contributed by atoms with Crippen LogP contribution in [0.1, 0.15) is 18.4 Å². The number of benzene rings is 1. The number of nitro groups is 1. The minimum absolute atomic E-state index is 0.00101. The molecule has 1 heterocycles. The lowest BCUT2D eigenvalue weighted by Gasteiger charge is -2.21. The minimum Gasteiger partial charge on any atom is -0.396 e. The van der Waals surface area contributed by atoms with Crippen LogP contribution in [0.5, 0.6) is 0 Å². The van der Waals surface area contributed by atoms with Crippen LogP contribution in [0.15, 0.2) is 18.2 Å². The van der Waals surface area contributed by atoms with Gasteiger partial charge in [0.05, 0.1) is 11.5 Å². The third-order valence-corrected chi connectivity index (χ3v) is 3.61. The molecule has 1 atom stereocenters. The third kappa shape index (κ3) is 3.02. The predicted molar refractivity (Wildman–Crippen MR) is 71.0 cm³/mol. The average Bonchev–Trinajstić information content (AvgIpc) is 2.86. The van der Waals surface area contributed by atoms with Gasteiger partial charge in [-0.25, -0.2) is 0 Å². The van der Waals surface area contributed by atoms with E-state index in [1.165, 1.54) is 12.1 Å². The van der Waals surface area contributed by atoms with Crippen LogP contribution in [0.25, 0.3) is 0 Å². The van der Waals surface area contributed by atoms with E-state index in [1.54, 1.807) is 6.07 Å². The fraction of sp³-hybridized carbons (Fsp3) is 0.538. The molecule has 6 heteroatoms. The number of nitro benzene ring substituents is 1. The molecular weight excluding hydrogens is 248 g/mol. The van der Waals surface area contributed by atoms with Gasteiger partial charge in [0.25, 0.3) is 5.69 Å². The van der Waals surface area contributed by atoms with E-state index < -0.39 is 4.92 Å². The summed E-state index contributed by atoms with van der Waals surface area (Å²) in [6.07, 6.45) is 1.78. The lowest BCUT2D eigenvalue weighted by atomic mass is 10.1. The Hall–Kier alpha value is -1.66. The summed E-state index contributed by atoms with van der Waals surface area (Å²) in [5.41, 5.74) is 1.44. The van der Waals surface area contributed by atoms with Crippen LogP contribution in [0.3, 0.4) is 0 Å². The van der Waals surface area contributed by atoms with E-state index >= 15 is 0 Å². The molecule has 1 fully saturated rings. The molecule has 0 radical (unpaired) electrons. The lowest BCUT2D eigenvalue weighted by Crippen LogP contribution is -2.21. The van der Waals surface area contributed by atoms with E-state index in [0.717, 1.165) is 31.6 Å². The van der Waals surface area contributed by atoms with E-state index in [9.17, 15) is 15.2 Å². The van der Waals surface area contributed by atoms with Gasteiger partial charge in [0, 0.05) is 43.1 Å². The van der Waals surface area contributed by atoms with Crippen molar-refractivity contribution in [3.8, 4) is 0 Å². The summed E-state index contributed by atoms with van der Waals surface area (Å²) in [6, 6.07) is 4.59. The van der Waals surface area contributed by atoms with Crippen LogP contribution in [-0.2, 0) is 6.61 Å². The molecule has 0 bridgehead atoms. The van der Waals surface area contributed by atoms with Crippen LogP contribution in [0, 0.1) is 16.0 Å². The highest BCUT2D eigenvalue weighted by Crippen LogP contribution is 2.30. The summed E-state index contributed by atoms with van der Waals surface area (Å²) >= 11 is 0. The first-order chi connectivity index (χ1) is 9.15. The largest absolute Gasteiger partial charge is 0.396 e. The Kier molecular flexibility index (Phi) is 4.34. The molecule has 1 saturated heterocycles. The predicted octanol–water partition coefficient (Wildman–Crippen LogP) is 1.30. The molecule has 6 nitrogen and oxygen atoms in total. The molecule has 2 N–H and O–H groups in total. The summed E-state index contributed by atoms with van der Waals surface area (Å²) in [7, 11) is 0. The van der Waals surface area contributed by atoms with E-state index in [0.29, 0.717) is 11.5 Å². The minimum atomic E-state index is -0.457. The zero-order chi connectivity index (χ0) is 13.8. The quantitative estimate of drug-likeness (QED) is 0.619. The Morgan fingerprint density at radius 1 is 1.42 bits per heavy atom. The van der Waals surface area contributed by atoms with Gasteiger partial charge in [-0.2, -0.15) is 0 Å². The second-order valence-corrected chi connectivity index (χ2v) is 4.84. The van der Waals surface area contributed by atoms with Crippen LogP contribution in [0.2, 0.25) is 0 Å². The van der Waals surface area contributed by atoms with Gasteiger partial charge < -0.3 is 15.1 Å². The van der Waals surface area contributed by atoms with Crippen LogP contribution in [-0.4, -0.2) is 34.8 Å². The summed E-state index contributed by atoms with van der Waals surface area (Å²) in [4.78, 5) is 12.4. The summed E-state index contributed by atoms with van der Waals surface area (Å²) in [6.45, 7) is 1.66. The van der Waals surface area contributed by atoms with Gasteiger partial charge in [-0.3, -0.25) is 10.1 Å². The van der Waals surface area contributed by atoms with E-state index in [-0.39, 0.29) is 18.9 Å². The van der Waals surface area contributed by atoms with Gasteiger partial charge in [-0.05, 0) is 24.8 Å². The van der Waals surface area contributed by atoms with Gasteiger partial charge in [0.1, 0.15) is 0 Å². The first-order valence-electron chi connectivity index (χ1n) is 6.39. The molecule has 1 unspecified atom stereocenters. The van der Waals surface area contributed by atoms with Gasteiger partial charge >= 0.3 is 0 Å². The van der Waals surface area contributed by atoms with Crippen molar-refractivity contribution < 1.29 is 15.1 Å². The highest BCUT2D eigenvalue weighted by Gasteiger charge is 2.24. The molecule has 1 aromatic carbocycles. The van der Waals surface area contributed by atoms with E-state index in [2.05, 4.69) is 4.90 Å². The smallest absolute Gasteiger partial charge is 0.269 e. The lowest BCUT2D eigenvalue weighted by molar-refractivity contribution is -0.384. The second kappa shape index (κ2) is 5.99. The molecule has 0 saturated carbocycles. The number of non-ortho nitro benzene ring substituents is 1. The van der Waals surface area contributed by atoms with Crippen molar-refractivity contribution in [2.45, 2.75) is 19.4 Å². The highest BCUT2D eigenvalue weighted by molar-refractivity contribution is 5.58. The fourth-order valence-corrected chi connectivity index (χ4v) is 2.59. The Morgan fingerprint density at radius 2 is 2.21 bits per heavy atom. The molecule has 1 aliphatic heterocycles. The highest BCUT2D eigenvalue weighted by atomic mass is 16.6. The van der Waals surface area contributed by atoms with E-state index in [1.807, 2.05) is 0 Å². The first-order valence-corrected chi connectivity index (χ1v) is 6.39. The van der Waals surface area contributed by atoms with Crippen molar-refractivity contribution >= 4 is 11.4 Å². The van der Waals surface area contributed by atoms with Gasteiger partial charge in [0.15, 0.2) is 0 Å². The number of nitrogens with zero attached hydrogens (tertiary/aromatic N) is 2. The normalized spacial score (nSPS) is 18.8. The number of anilines is 1. The molecule has 0 spiro atoms. The van der Waals surface area contributed by atoms with Crippen molar-refractivity contribution in [3.63, 3.8) is 0 Å². The average molecular weight is 266 g/mol. The third-order valence-electron chi connectivity index (χ3n) is 3.61. The van der Waals surface area contributed by atoms with Crippen molar-refractivity contribution in [3.05, 3.63) is 33.9 Å². The second-order valence-electron chi connectivity index (χ2n) is 4.84. The Balaban J connectivity index is 2.18. The summed E-state index contributed by atoms with van der Waals surface area (Å²) in [5.74, 6) is 0.451. The molecule has 2 rings (SSSR count). The molecule has 0 amide bonds. The van der Waals surface area contributed by atoms with Crippen molar-refractivity contribution in [2.24, 2.45) is 5.92 Å². The summed E-state index contributed by atoms with van der Waals surface area (Å²) < 4.78 is 0. The SMILES string of the molecule is O=[N+]([O-])c1ccc(N2CCC(CCO)C2)c(CO)c1. The van der Waals surface area contributed by atoms with Crippen LogP contribution >= 0.6 is 0 Å². The van der Waals surface area contributed by atoms with Gasteiger partial charge in [0.2, 0.25) is 0 Å². The molecular formula is C13H18N2O4. The Morgan fingerprint density at radius 3 is 2.84 bits per heavy atom. The molecule has 1 aliphatic rings. The fourth-order valence-electron chi connectivity index (χ4n) is 2.59. The summed E-state index contributed by atoms with van der Waals surface area (Å²) in [5, 5.41) is 29.0. The number of aliphatic hydroxyl groups is 2. The zero-order valence-corrected chi connectivity index (χ0v) is 10.7. The van der Waals surface area contributed by atoms with Gasteiger partial charge in [-0.1, -0.05) is 0 Å². The maximum Gasteiger partial charge on any atom is 0.269 e. The maximum absolute atomic E-state index is 10.7. The zero-order valence-electron chi connectivity index (χ0n) is 10.7.